The Kier molecular flexibility index (Phi) is 3.70. The number of anilines is 1. The van der Waals surface area contributed by atoms with Gasteiger partial charge in [0.05, 0.1) is 5.56 Å². The normalized spacial score (nSPS) is 17.4. The van der Waals surface area contributed by atoms with E-state index in [2.05, 4.69) is 20.0 Å². The van der Waals surface area contributed by atoms with Crippen molar-refractivity contribution in [1.82, 2.24) is 15.1 Å². The van der Waals surface area contributed by atoms with Crippen LogP contribution in [0.3, 0.4) is 0 Å². The van der Waals surface area contributed by atoms with Crippen molar-refractivity contribution in [2.45, 2.75) is 12.5 Å². The third-order valence-corrected chi connectivity index (χ3v) is 4.05. The van der Waals surface area contributed by atoms with Gasteiger partial charge in [0.25, 0.3) is 5.89 Å². The van der Waals surface area contributed by atoms with E-state index in [9.17, 15) is 4.39 Å². The van der Waals surface area contributed by atoms with Gasteiger partial charge >= 0.3 is 0 Å². The van der Waals surface area contributed by atoms with Crippen molar-refractivity contribution in [2.24, 2.45) is 5.73 Å². The highest BCUT2D eigenvalue weighted by atomic mass is 19.1. The van der Waals surface area contributed by atoms with Crippen LogP contribution in [0.1, 0.15) is 6.42 Å². The fourth-order valence-electron chi connectivity index (χ4n) is 2.87. The van der Waals surface area contributed by atoms with Gasteiger partial charge in [0, 0.05) is 30.9 Å². The minimum Gasteiger partial charge on any atom is -0.354 e. The van der Waals surface area contributed by atoms with Crippen molar-refractivity contribution < 1.29 is 8.91 Å². The number of nitrogens with two attached hydrogens (primary N) is 1. The van der Waals surface area contributed by atoms with Crippen LogP contribution in [0.2, 0.25) is 0 Å². The molecule has 2 N–H and O–H groups in total. The second kappa shape index (κ2) is 6.01. The zero-order valence-corrected chi connectivity index (χ0v) is 12.9. The van der Waals surface area contributed by atoms with E-state index in [1.165, 1.54) is 12.1 Å². The topological polar surface area (TPSA) is 81.1 Å². The van der Waals surface area contributed by atoms with Gasteiger partial charge in [-0.1, -0.05) is 17.3 Å². The number of benzene rings is 1. The Morgan fingerprint density at radius 3 is 2.96 bits per heavy atom. The molecular weight excluding hydrogens is 309 g/mol. The quantitative estimate of drug-likeness (QED) is 0.797. The molecule has 1 atom stereocenters. The predicted octanol–water partition coefficient (Wildman–Crippen LogP) is 2.48. The molecule has 1 unspecified atom stereocenters. The molecule has 24 heavy (non-hydrogen) atoms. The molecule has 122 valence electrons. The van der Waals surface area contributed by atoms with Gasteiger partial charge in [0.1, 0.15) is 11.6 Å². The zero-order chi connectivity index (χ0) is 16.5. The zero-order valence-electron chi connectivity index (χ0n) is 12.9. The summed E-state index contributed by atoms with van der Waals surface area (Å²) in [4.78, 5) is 11.0. The van der Waals surface area contributed by atoms with E-state index >= 15 is 0 Å². The van der Waals surface area contributed by atoms with Crippen molar-refractivity contribution >= 4 is 5.82 Å². The maximum Gasteiger partial charge on any atom is 0.261 e. The van der Waals surface area contributed by atoms with E-state index in [1.807, 2.05) is 12.1 Å². The van der Waals surface area contributed by atoms with Crippen molar-refractivity contribution in [1.29, 1.82) is 0 Å². The van der Waals surface area contributed by atoms with Gasteiger partial charge in [-0.05, 0) is 30.7 Å². The Bertz CT molecular complexity index is 865. The number of halogens is 1. The number of rotatable bonds is 3. The summed E-state index contributed by atoms with van der Waals surface area (Å²) in [7, 11) is 0. The van der Waals surface area contributed by atoms with Crippen molar-refractivity contribution in [3.8, 4) is 22.8 Å². The lowest BCUT2D eigenvalue weighted by Crippen LogP contribution is -2.27. The third kappa shape index (κ3) is 2.74. The van der Waals surface area contributed by atoms with Crippen LogP contribution in [-0.2, 0) is 0 Å². The largest absolute Gasteiger partial charge is 0.354 e. The lowest BCUT2D eigenvalue weighted by atomic mass is 10.2. The Balaban J connectivity index is 1.70. The summed E-state index contributed by atoms with van der Waals surface area (Å²) in [6.45, 7) is 1.59. The van der Waals surface area contributed by atoms with E-state index in [-0.39, 0.29) is 11.9 Å². The molecule has 0 saturated carbocycles. The minimum atomic E-state index is -0.341. The Labute approximate surface area is 138 Å². The number of aromatic nitrogens is 3. The number of nitrogens with zero attached hydrogens (tertiary/aromatic N) is 4. The van der Waals surface area contributed by atoms with Gasteiger partial charge in [0.15, 0.2) is 0 Å². The van der Waals surface area contributed by atoms with Crippen LogP contribution >= 0.6 is 0 Å². The van der Waals surface area contributed by atoms with Crippen LogP contribution in [0.25, 0.3) is 22.8 Å². The highest BCUT2D eigenvalue weighted by molar-refractivity contribution is 5.71. The lowest BCUT2D eigenvalue weighted by molar-refractivity contribution is 0.432. The average Bonchev–Trinajstić information content (AvgIpc) is 3.24. The molecule has 3 heterocycles. The van der Waals surface area contributed by atoms with E-state index in [0.29, 0.717) is 17.3 Å². The first-order valence-corrected chi connectivity index (χ1v) is 7.76. The molecule has 2 aromatic heterocycles. The molecule has 1 saturated heterocycles. The Hall–Kier alpha value is -2.80. The Morgan fingerprint density at radius 1 is 1.25 bits per heavy atom. The summed E-state index contributed by atoms with van der Waals surface area (Å²) in [5.41, 5.74) is 7.31. The smallest absolute Gasteiger partial charge is 0.261 e. The monoisotopic (exact) mass is 325 g/mol. The molecule has 1 aliphatic heterocycles. The summed E-state index contributed by atoms with van der Waals surface area (Å²) in [5.74, 6) is 1.14. The first-order valence-electron chi connectivity index (χ1n) is 7.76. The van der Waals surface area contributed by atoms with Crippen LogP contribution in [0.15, 0.2) is 47.1 Å². The molecule has 4 rings (SSSR count). The van der Waals surface area contributed by atoms with Crippen LogP contribution in [-0.4, -0.2) is 34.3 Å². The van der Waals surface area contributed by atoms with E-state index in [1.54, 1.807) is 18.3 Å². The van der Waals surface area contributed by atoms with Crippen LogP contribution in [0.5, 0.6) is 0 Å². The third-order valence-electron chi connectivity index (χ3n) is 4.05. The van der Waals surface area contributed by atoms with Gasteiger partial charge in [0.2, 0.25) is 5.82 Å². The van der Waals surface area contributed by atoms with E-state index in [0.717, 1.165) is 30.9 Å². The predicted molar refractivity (Wildman–Crippen MR) is 87.7 cm³/mol. The van der Waals surface area contributed by atoms with Crippen LogP contribution < -0.4 is 10.6 Å². The fraction of sp³-hybridized carbons (Fsp3) is 0.235. The fourth-order valence-corrected chi connectivity index (χ4v) is 2.87. The molecule has 1 aromatic carbocycles. The maximum absolute atomic E-state index is 13.4. The first kappa shape index (κ1) is 14.8. The van der Waals surface area contributed by atoms with Gasteiger partial charge in [-0.3, -0.25) is 0 Å². The standard InChI is InChI=1S/C17H16FN5O/c18-12-4-1-3-11(9-12)15-21-17(24-22-15)14-5-2-7-20-16(14)23-8-6-13(19)10-23/h1-5,7,9,13H,6,8,10,19H2. The number of hydrogen-bond donors (Lipinski definition) is 1. The van der Waals surface area contributed by atoms with E-state index in [4.69, 9.17) is 10.3 Å². The molecule has 0 radical (unpaired) electrons. The summed E-state index contributed by atoms with van der Waals surface area (Å²) in [6.07, 6.45) is 2.65. The summed E-state index contributed by atoms with van der Waals surface area (Å²) >= 11 is 0. The van der Waals surface area contributed by atoms with Gasteiger partial charge in [-0.15, -0.1) is 0 Å². The number of hydrogen-bond acceptors (Lipinski definition) is 6. The molecule has 1 fully saturated rings. The summed E-state index contributed by atoms with van der Waals surface area (Å²) < 4.78 is 18.8. The molecule has 1 aliphatic rings. The average molecular weight is 325 g/mol. The summed E-state index contributed by atoms with van der Waals surface area (Å²) in [5, 5.41) is 3.96. The first-order chi connectivity index (χ1) is 11.7. The molecule has 7 heteroatoms. The maximum atomic E-state index is 13.4. The molecule has 3 aromatic rings. The van der Waals surface area contributed by atoms with Crippen molar-refractivity contribution in [3.05, 3.63) is 48.4 Å². The van der Waals surface area contributed by atoms with Crippen molar-refractivity contribution in [3.63, 3.8) is 0 Å². The Morgan fingerprint density at radius 2 is 2.17 bits per heavy atom. The molecule has 0 amide bonds. The molecule has 0 spiro atoms. The molecule has 0 aliphatic carbocycles. The highest BCUT2D eigenvalue weighted by Gasteiger charge is 2.24. The second-order valence-corrected chi connectivity index (χ2v) is 5.80. The SMILES string of the molecule is NC1CCN(c2ncccc2-c2nc(-c3cccc(F)c3)no2)C1. The van der Waals surface area contributed by atoms with Crippen LogP contribution in [0, 0.1) is 5.82 Å². The van der Waals surface area contributed by atoms with Crippen molar-refractivity contribution in [2.75, 3.05) is 18.0 Å². The summed E-state index contributed by atoms with van der Waals surface area (Å²) in [6, 6.07) is 9.95. The molecule has 0 bridgehead atoms. The van der Waals surface area contributed by atoms with E-state index < -0.39 is 0 Å². The molecular formula is C17H16FN5O. The lowest BCUT2D eigenvalue weighted by Gasteiger charge is -2.18. The second-order valence-electron chi connectivity index (χ2n) is 5.80. The molecule has 6 nitrogen and oxygen atoms in total. The van der Waals surface area contributed by atoms with Crippen LogP contribution in [0.4, 0.5) is 10.2 Å². The van der Waals surface area contributed by atoms with Gasteiger partial charge in [-0.25, -0.2) is 9.37 Å². The minimum absolute atomic E-state index is 0.144. The highest BCUT2D eigenvalue weighted by Crippen LogP contribution is 2.30. The number of pyridine rings is 1. The van der Waals surface area contributed by atoms with Gasteiger partial charge in [-0.2, -0.15) is 4.98 Å². The van der Waals surface area contributed by atoms with Gasteiger partial charge < -0.3 is 15.2 Å².